The lowest BCUT2D eigenvalue weighted by Gasteiger charge is -2.37. The third-order valence-electron chi connectivity index (χ3n) is 8.53. The molecule has 1 saturated heterocycles. The molecule has 1 aliphatic rings. The molecule has 3 rings (SSSR count). The highest BCUT2D eigenvalue weighted by Gasteiger charge is 2.39. The molecular weight excluding hydrogens is 695 g/mol. The number of ether oxygens (including phenoxy) is 3. The summed E-state index contributed by atoms with van der Waals surface area (Å²) in [6, 6.07) is 6.41. The minimum Gasteiger partial charge on any atom is -0.463 e. The minimum absolute atomic E-state index is 0.0423. The van der Waals surface area contributed by atoms with E-state index in [9.17, 15) is 24.0 Å². The van der Waals surface area contributed by atoms with Gasteiger partial charge < -0.3 is 39.5 Å². The first-order valence-electron chi connectivity index (χ1n) is 17.0. The average molecular weight is 748 g/mol. The number of carbonyl (C=O) groups is 5. The minimum atomic E-state index is -2.38. The summed E-state index contributed by atoms with van der Waals surface area (Å²) < 4.78 is 22.2. The molecule has 14 nitrogen and oxygen atoms in total. The van der Waals surface area contributed by atoms with Gasteiger partial charge in [-0.05, 0) is 57.3 Å². The lowest BCUT2D eigenvalue weighted by Crippen LogP contribution is -2.56. The van der Waals surface area contributed by atoms with E-state index in [2.05, 4.69) is 41.7 Å². The van der Waals surface area contributed by atoms with Crippen LogP contribution in [0.25, 0.3) is 0 Å². The summed E-state index contributed by atoms with van der Waals surface area (Å²) >= 11 is 1.30. The van der Waals surface area contributed by atoms with E-state index in [0.717, 1.165) is 5.56 Å². The van der Waals surface area contributed by atoms with Crippen molar-refractivity contribution in [1.82, 2.24) is 20.9 Å². The normalized spacial score (nSPS) is 15.3. The molecule has 51 heavy (non-hydrogen) atoms. The third kappa shape index (κ3) is 13.6. The van der Waals surface area contributed by atoms with Gasteiger partial charge in [0.1, 0.15) is 30.6 Å². The van der Waals surface area contributed by atoms with E-state index in [0.29, 0.717) is 31.1 Å². The Kier molecular flexibility index (Phi) is 14.6. The summed E-state index contributed by atoms with van der Waals surface area (Å²) in [7, 11) is -2.38. The summed E-state index contributed by atoms with van der Waals surface area (Å²) in [5.74, 6) is -2.76. The fourth-order valence-corrected chi connectivity index (χ4v) is 6.47. The van der Waals surface area contributed by atoms with Crippen LogP contribution >= 0.6 is 11.3 Å². The predicted octanol–water partition coefficient (Wildman–Crippen LogP) is 4.55. The number of hydrogen-bond donors (Lipinski definition) is 3. The highest BCUT2D eigenvalue weighted by Crippen LogP contribution is 2.36. The molecule has 3 amide bonds. The molecular formula is C35H53N5O9SSi. The van der Waals surface area contributed by atoms with Crippen molar-refractivity contribution in [2.75, 3.05) is 31.2 Å². The molecule has 1 aromatic carbocycles. The molecule has 1 aromatic heterocycles. The van der Waals surface area contributed by atoms with E-state index >= 15 is 0 Å². The first-order valence-corrected chi connectivity index (χ1v) is 20.8. The van der Waals surface area contributed by atoms with Crippen LogP contribution in [0, 0.1) is 0 Å². The second-order valence-corrected chi connectivity index (χ2v) is 20.6. The van der Waals surface area contributed by atoms with Crippen LogP contribution in [0.1, 0.15) is 77.4 Å². The maximum absolute atomic E-state index is 13.7. The summed E-state index contributed by atoms with van der Waals surface area (Å²) in [5, 5.41) is 10.3. The van der Waals surface area contributed by atoms with Crippen LogP contribution in [0.2, 0.25) is 18.1 Å². The maximum Gasteiger partial charge on any atom is 0.407 e. The molecule has 0 radical (unpaired) electrons. The van der Waals surface area contributed by atoms with Gasteiger partial charge >= 0.3 is 18.0 Å². The molecule has 1 aliphatic heterocycles. The number of thiazole rings is 1. The first-order chi connectivity index (χ1) is 23.7. The zero-order valence-corrected chi connectivity index (χ0v) is 32.9. The van der Waals surface area contributed by atoms with Gasteiger partial charge in [-0.25, -0.2) is 14.6 Å². The Labute approximate surface area is 305 Å². The fourth-order valence-electron chi connectivity index (χ4n) is 4.60. The second-order valence-electron chi connectivity index (χ2n) is 15.0. The van der Waals surface area contributed by atoms with Crippen molar-refractivity contribution < 1.29 is 42.6 Å². The number of piperidine rings is 1. The Morgan fingerprint density at radius 3 is 2.18 bits per heavy atom. The Balaban J connectivity index is 1.70. The number of hydrogen-bond acceptors (Lipinski definition) is 12. The zero-order valence-electron chi connectivity index (χ0n) is 31.1. The molecule has 3 N–H and O–H groups in total. The number of carbonyl (C=O) groups excluding carboxylic acids is 5. The van der Waals surface area contributed by atoms with E-state index in [1.165, 1.54) is 18.3 Å². The Hall–Kier alpha value is -4.02. The van der Waals surface area contributed by atoms with Gasteiger partial charge in [-0.1, -0.05) is 51.1 Å². The van der Waals surface area contributed by atoms with Crippen molar-refractivity contribution in [3.63, 3.8) is 0 Å². The predicted molar refractivity (Wildman–Crippen MR) is 196 cm³/mol. The number of rotatable bonds is 14. The van der Waals surface area contributed by atoms with Crippen LogP contribution in [0.15, 0.2) is 35.7 Å². The lowest BCUT2D eigenvalue weighted by molar-refractivity contribution is -0.154. The van der Waals surface area contributed by atoms with Crippen molar-refractivity contribution in [2.24, 2.45) is 0 Å². The highest BCUT2D eigenvalue weighted by molar-refractivity contribution is 7.13. The van der Waals surface area contributed by atoms with E-state index in [1.54, 1.807) is 29.6 Å². The summed E-state index contributed by atoms with van der Waals surface area (Å²) in [5.41, 5.74) is 0.271. The molecule has 16 heteroatoms. The number of anilines is 1. The van der Waals surface area contributed by atoms with E-state index < -0.39 is 62.5 Å². The van der Waals surface area contributed by atoms with Gasteiger partial charge in [-0.3, -0.25) is 14.4 Å². The van der Waals surface area contributed by atoms with Crippen molar-refractivity contribution in [1.29, 1.82) is 0 Å². The monoisotopic (exact) mass is 747 g/mol. The maximum atomic E-state index is 13.7. The molecule has 0 bridgehead atoms. The van der Waals surface area contributed by atoms with Crippen molar-refractivity contribution in [3.05, 3.63) is 47.0 Å². The number of amides is 3. The van der Waals surface area contributed by atoms with Crippen LogP contribution in [0.4, 0.5) is 9.93 Å². The largest absolute Gasteiger partial charge is 0.463 e. The number of benzene rings is 1. The quantitative estimate of drug-likeness (QED) is 0.141. The molecule has 2 atom stereocenters. The number of alkyl carbamates (subject to hydrolysis) is 1. The zero-order chi connectivity index (χ0) is 38.0. The Morgan fingerprint density at radius 2 is 1.59 bits per heavy atom. The fraction of sp³-hybridized carbons (Fsp3) is 0.600. The molecule has 0 unspecified atom stereocenters. The van der Waals surface area contributed by atoms with Crippen LogP contribution < -0.4 is 20.9 Å². The van der Waals surface area contributed by atoms with Crippen molar-refractivity contribution in [3.8, 4) is 0 Å². The topological polar surface area (TPSA) is 174 Å². The average Bonchev–Trinajstić information content (AvgIpc) is 3.53. The van der Waals surface area contributed by atoms with E-state index in [-0.39, 0.29) is 30.0 Å². The smallest absolute Gasteiger partial charge is 0.407 e. The number of nitrogens with one attached hydrogen (secondary N) is 3. The van der Waals surface area contributed by atoms with Crippen LogP contribution in [0.3, 0.4) is 0 Å². The van der Waals surface area contributed by atoms with Gasteiger partial charge in [-0.15, -0.1) is 11.3 Å². The van der Waals surface area contributed by atoms with Gasteiger partial charge in [-0.2, -0.15) is 0 Å². The standard InChI is InChI=1S/C35H53N5O9SSi/c1-23(41)46-20-27(31(44)47-19-24-13-11-10-12-14-24)38-29(42)26(21-48-51(8,9)35(5,6)7)37-30(43)28-22-50-32(39-28)40-17-15-25(16-18-40)36-33(45)49-34(2,3)4/h10-14,22,25-27H,15-21H2,1-9H3,(H,36,45)(H,37,43)(H,38,42)/t26-,27-/m0/s1. The molecule has 0 saturated carbocycles. The van der Waals surface area contributed by atoms with Crippen molar-refractivity contribution in [2.45, 2.75) is 110 Å². The number of nitrogens with zero attached hydrogens (tertiary/aromatic N) is 2. The van der Waals surface area contributed by atoms with Gasteiger partial charge in [0, 0.05) is 31.4 Å². The van der Waals surface area contributed by atoms with Gasteiger partial charge in [0.2, 0.25) is 5.91 Å². The molecule has 0 spiro atoms. The number of aromatic nitrogens is 1. The molecule has 0 aliphatic carbocycles. The molecule has 1 fully saturated rings. The Bertz CT molecular complexity index is 1500. The van der Waals surface area contributed by atoms with Gasteiger partial charge in [0.25, 0.3) is 5.91 Å². The molecule has 2 heterocycles. The summed E-state index contributed by atoms with van der Waals surface area (Å²) in [6.07, 6.45) is 0.901. The van der Waals surface area contributed by atoms with E-state index in [4.69, 9.17) is 18.6 Å². The second kappa shape index (κ2) is 18.0. The first kappa shape index (κ1) is 41.4. The lowest BCUT2D eigenvalue weighted by atomic mass is 10.1. The van der Waals surface area contributed by atoms with E-state index in [1.807, 2.05) is 44.8 Å². The van der Waals surface area contributed by atoms with Crippen molar-refractivity contribution >= 4 is 54.6 Å². The Morgan fingerprint density at radius 1 is 0.941 bits per heavy atom. The van der Waals surface area contributed by atoms with Crippen LogP contribution in [0.5, 0.6) is 0 Å². The van der Waals surface area contributed by atoms with Crippen LogP contribution in [-0.4, -0.2) is 93.2 Å². The summed E-state index contributed by atoms with van der Waals surface area (Å²) in [6.45, 7) is 17.4. The molecule has 2 aromatic rings. The van der Waals surface area contributed by atoms with Gasteiger partial charge in [0.05, 0.1) is 6.61 Å². The van der Waals surface area contributed by atoms with Crippen LogP contribution in [-0.2, 0) is 39.6 Å². The SMILES string of the molecule is CC(=O)OC[C@H](NC(=O)[C@H](CO[Si](C)(C)C(C)(C)C)NC(=O)c1csc(N2CCC(NC(=O)OC(C)(C)C)CC2)n1)C(=O)OCc1ccccc1. The summed E-state index contributed by atoms with van der Waals surface area (Å²) in [4.78, 5) is 70.7. The third-order valence-corrected chi connectivity index (χ3v) is 13.9. The number of esters is 2. The molecule has 282 valence electrons. The van der Waals surface area contributed by atoms with Gasteiger partial charge in [0.15, 0.2) is 19.5 Å². The highest BCUT2D eigenvalue weighted by atomic mass is 32.1.